The van der Waals surface area contributed by atoms with Gasteiger partial charge in [0, 0.05) is 18.3 Å². The van der Waals surface area contributed by atoms with Crippen molar-refractivity contribution in [2.45, 2.75) is 19.9 Å². The van der Waals surface area contributed by atoms with E-state index < -0.39 is 0 Å². The molecule has 0 spiro atoms. The maximum absolute atomic E-state index is 5.60. The van der Waals surface area contributed by atoms with Crippen LogP contribution in [0.4, 0.5) is 0 Å². The van der Waals surface area contributed by atoms with E-state index in [4.69, 9.17) is 5.73 Å². The van der Waals surface area contributed by atoms with Gasteiger partial charge in [-0.25, -0.2) is 0 Å². The van der Waals surface area contributed by atoms with Crippen LogP contribution in [0, 0.1) is 0 Å². The quantitative estimate of drug-likeness (QED) is 0.859. The van der Waals surface area contributed by atoms with Crippen molar-refractivity contribution in [1.29, 1.82) is 0 Å². The predicted octanol–water partition coefficient (Wildman–Crippen LogP) is 2.13. The molecule has 80 valence electrons. The average molecular weight is 221 g/mol. The lowest BCUT2D eigenvalue weighted by Gasteiger charge is -1.96. The molecular formula is C11H15N3S. The Morgan fingerprint density at radius 2 is 2.40 bits per heavy atom. The first-order valence-corrected chi connectivity index (χ1v) is 6.03. The summed E-state index contributed by atoms with van der Waals surface area (Å²) in [6.45, 7) is 3.67. The molecule has 15 heavy (non-hydrogen) atoms. The summed E-state index contributed by atoms with van der Waals surface area (Å²) in [5, 5.41) is 6.64. The van der Waals surface area contributed by atoms with E-state index in [0.717, 1.165) is 18.7 Å². The van der Waals surface area contributed by atoms with Gasteiger partial charge < -0.3 is 5.73 Å². The molecule has 0 aliphatic rings. The molecule has 0 bridgehead atoms. The summed E-state index contributed by atoms with van der Waals surface area (Å²) >= 11 is 1.72. The van der Waals surface area contributed by atoms with Crippen LogP contribution in [-0.2, 0) is 13.0 Å². The molecule has 2 N–H and O–H groups in total. The second-order valence-electron chi connectivity index (χ2n) is 3.37. The SMILES string of the molecule is CCn1cc(CCN)c(-c2cccs2)n1. The molecule has 0 saturated carbocycles. The molecule has 0 amide bonds. The molecule has 0 fully saturated rings. The van der Waals surface area contributed by atoms with Gasteiger partial charge in [-0.2, -0.15) is 5.10 Å². The maximum Gasteiger partial charge on any atom is 0.105 e. The minimum Gasteiger partial charge on any atom is -0.330 e. The number of thiophene rings is 1. The van der Waals surface area contributed by atoms with Crippen LogP contribution >= 0.6 is 11.3 Å². The molecule has 0 saturated heterocycles. The summed E-state index contributed by atoms with van der Waals surface area (Å²) < 4.78 is 1.97. The van der Waals surface area contributed by atoms with Gasteiger partial charge >= 0.3 is 0 Å². The fraction of sp³-hybridized carbons (Fsp3) is 0.364. The lowest BCUT2D eigenvalue weighted by Crippen LogP contribution is -2.02. The predicted molar refractivity (Wildman–Crippen MR) is 64.0 cm³/mol. The Hall–Kier alpha value is -1.13. The maximum atomic E-state index is 5.60. The van der Waals surface area contributed by atoms with Crippen LogP contribution in [0.3, 0.4) is 0 Å². The molecule has 0 aliphatic carbocycles. The van der Waals surface area contributed by atoms with E-state index in [-0.39, 0.29) is 0 Å². The van der Waals surface area contributed by atoms with Crippen LogP contribution in [0.15, 0.2) is 23.7 Å². The molecule has 0 radical (unpaired) electrons. The van der Waals surface area contributed by atoms with Crippen molar-refractivity contribution in [3.63, 3.8) is 0 Å². The largest absolute Gasteiger partial charge is 0.330 e. The lowest BCUT2D eigenvalue weighted by atomic mass is 10.1. The Balaban J connectivity index is 2.40. The molecule has 4 heteroatoms. The fourth-order valence-corrected chi connectivity index (χ4v) is 2.33. The monoisotopic (exact) mass is 221 g/mol. The number of rotatable bonds is 4. The molecule has 2 heterocycles. The van der Waals surface area contributed by atoms with Gasteiger partial charge in [-0.05, 0) is 31.3 Å². The van der Waals surface area contributed by atoms with Crippen molar-refractivity contribution in [1.82, 2.24) is 9.78 Å². The smallest absolute Gasteiger partial charge is 0.105 e. The van der Waals surface area contributed by atoms with Crippen molar-refractivity contribution < 1.29 is 0 Å². The first-order valence-electron chi connectivity index (χ1n) is 5.15. The normalized spacial score (nSPS) is 10.8. The van der Waals surface area contributed by atoms with E-state index in [9.17, 15) is 0 Å². The number of nitrogens with zero attached hydrogens (tertiary/aromatic N) is 2. The minimum absolute atomic E-state index is 0.674. The Kier molecular flexibility index (Phi) is 3.18. The molecule has 2 aromatic heterocycles. The number of hydrogen-bond acceptors (Lipinski definition) is 3. The topological polar surface area (TPSA) is 43.8 Å². The van der Waals surface area contributed by atoms with Crippen molar-refractivity contribution in [3.05, 3.63) is 29.3 Å². The molecular weight excluding hydrogens is 206 g/mol. The zero-order chi connectivity index (χ0) is 10.7. The van der Waals surface area contributed by atoms with Gasteiger partial charge in [0.1, 0.15) is 5.69 Å². The summed E-state index contributed by atoms with van der Waals surface area (Å²) in [6, 6.07) is 4.16. The van der Waals surface area contributed by atoms with Crippen LogP contribution in [0.2, 0.25) is 0 Å². The van der Waals surface area contributed by atoms with E-state index in [1.807, 2.05) is 4.68 Å². The molecule has 0 aromatic carbocycles. The van der Waals surface area contributed by atoms with Crippen LogP contribution < -0.4 is 5.73 Å². The second kappa shape index (κ2) is 4.59. The lowest BCUT2D eigenvalue weighted by molar-refractivity contribution is 0.661. The fourth-order valence-electron chi connectivity index (χ4n) is 1.58. The summed E-state index contributed by atoms with van der Waals surface area (Å²) in [6.07, 6.45) is 3.00. The molecule has 2 aromatic rings. The van der Waals surface area contributed by atoms with E-state index in [0.29, 0.717) is 6.54 Å². The highest BCUT2D eigenvalue weighted by Crippen LogP contribution is 2.26. The Morgan fingerprint density at radius 3 is 3.00 bits per heavy atom. The molecule has 0 aliphatic heterocycles. The Bertz CT molecular complexity index is 417. The van der Waals surface area contributed by atoms with Crippen LogP contribution in [-0.4, -0.2) is 16.3 Å². The number of aromatic nitrogens is 2. The first-order chi connectivity index (χ1) is 7.35. The van der Waals surface area contributed by atoms with Gasteiger partial charge in [0.15, 0.2) is 0 Å². The van der Waals surface area contributed by atoms with Crippen molar-refractivity contribution in [2.24, 2.45) is 5.73 Å². The molecule has 0 unspecified atom stereocenters. The minimum atomic E-state index is 0.674. The van der Waals surface area contributed by atoms with Crippen molar-refractivity contribution >= 4 is 11.3 Å². The molecule has 2 rings (SSSR count). The third-order valence-electron chi connectivity index (χ3n) is 2.33. The summed E-state index contributed by atoms with van der Waals surface area (Å²) in [4.78, 5) is 1.23. The Labute approximate surface area is 93.5 Å². The first kappa shape index (κ1) is 10.4. The zero-order valence-electron chi connectivity index (χ0n) is 8.81. The van der Waals surface area contributed by atoms with Gasteiger partial charge in [0.25, 0.3) is 0 Å². The highest BCUT2D eigenvalue weighted by molar-refractivity contribution is 7.13. The van der Waals surface area contributed by atoms with Gasteiger partial charge in [0.2, 0.25) is 0 Å². The van der Waals surface area contributed by atoms with E-state index in [1.54, 1.807) is 11.3 Å². The van der Waals surface area contributed by atoms with E-state index in [1.165, 1.54) is 10.4 Å². The Morgan fingerprint density at radius 1 is 1.53 bits per heavy atom. The van der Waals surface area contributed by atoms with Gasteiger partial charge in [-0.3, -0.25) is 4.68 Å². The summed E-state index contributed by atoms with van der Waals surface area (Å²) in [5.74, 6) is 0. The standard InChI is InChI=1S/C11H15N3S/c1-2-14-8-9(5-6-12)11(13-14)10-4-3-7-15-10/h3-4,7-8H,2,5-6,12H2,1H3. The van der Waals surface area contributed by atoms with Crippen LogP contribution in [0.25, 0.3) is 10.6 Å². The average Bonchev–Trinajstić information content (AvgIpc) is 2.85. The van der Waals surface area contributed by atoms with Gasteiger partial charge in [0.05, 0.1) is 4.88 Å². The summed E-state index contributed by atoms with van der Waals surface area (Å²) in [5.41, 5.74) is 7.95. The van der Waals surface area contributed by atoms with Crippen LogP contribution in [0.5, 0.6) is 0 Å². The highest BCUT2D eigenvalue weighted by Gasteiger charge is 2.10. The molecule has 3 nitrogen and oxygen atoms in total. The number of aryl methyl sites for hydroxylation is 1. The second-order valence-corrected chi connectivity index (χ2v) is 4.32. The van der Waals surface area contributed by atoms with Crippen molar-refractivity contribution in [3.8, 4) is 10.6 Å². The zero-order valence-corrected chi connectivity index (χ0v) is 9.63. The number of hydrogen-bond donors (Lipinski definition) is 1. The van der Waals surface area contributed by atoms with E-state index in [2.05, 4.69) is 35.7 Å². The molecule has 0 atom stereocenters. The van der Waals surface area contributed by atoms with Gasteiger partial charge in [-0.15, -0.1) is 11.3 Å². The number of nitrogens with two attached hydrogens (primary N) is 1. The van der Waals surface area contributed by atoms with Crippen LogP contribution in [0.1, 0.15) is 12.5 Å². The van der Waals surface area contributed by atoms with E-state index >= 15 is 0 Å². The third-order valence-corrected chi connectivity index (χ3v) is 3.21. The third kappa shape index (κ3) is 2.11. The summed E-state index contributed by atoms with van der Waals surface area (Å²) in [7, 11) is 0. The van der Waals surface area contributed by atoms with Crippen molar-refractivity contribution in [2.75, 3.05) is 6.54 Å². The van der Waals surface area contributed by atoms with Gasteiger partial charge in [-0.1, -0.05) is 6.07 Å². The highest BCUT2D eigenvalue weighted by atomic mass is 32.1.